The fourth-order valence-corrected chi connectivity index (χ4v) is 7.68. The molecule has 4 fully saturated rings. The summed E-state index contributed by atoms with van der Waals surface area (Å²) < 4.78 is 2.20. The number of ketones is 1. The zero-order chi connectivity index (χ0) is 22.3. The van der Waals surface area contributed by atoms with Crippen molar-refractivity contribution in [3.05, 3.63) is 35.7 Å². The van der Waals surface area contributed by atoms with Crippen LogP contribution in [0, 0.1) is 23.2 Å². The Morgan fingerprint density at radius 3 is 2.44 bits per heavy atom. The van der Waals surface area contributed by atoms with Gasteiger partial charge in [-0.15, -0.1) is 10.2 Å². The number of hydrogen-bond acceptors (Lipinski definition) is 5. The summed E-state index contributed by atoms with van der Waals surface area (Å²) in [7, 11) is 0. The predicted molar refractivity (Wildman–Crippen MR) is 126 cm³/mol. The highest BCUT2D eigenvalue weighted by Gasteiger charge is 2.51. The maximum atomic E-state index is 12.5. The lowest BCUT2D eigenvalue weighted by atomic mass is 9.49. The number of aromatic nitrogens is 3. The quantitative estimate of drug-likeness (QED) is 0.451. The molecule has 0 saturated heterocycles. The van der Waals surface area contributed by atoms with Crippen molar-refractivity contribution in [3.8, 4) is 0 Å². The third kappa shape index (κ3) is 4.36. The van der Waals surface area contributed by atoms with Crippen LogP contribution in [0.2, 0.25) is 0 Å². The summed E-state index contributed by atoms with van der Waals surface area (Å²) in [6, 6.07) is 7.04. The van der Waals surface area contributed by atoms with Crippen LogP contribution in [0.4, 0.5) is 5.69 Å². The number of nitrogens with zero attached hydrogens (tertiary/aromatic N) is 3. The highest BCUT2D eigenvalue weighted by molar-refractivity contribution is 7.99. The number of benzene rings is 1. The van der Waals surface area contributed by atoms with E-state index < -0.39 is 0 Å². The van der Waals surface area contributed by atoms with Gasteiger partial charge in [-0.1, -0.05) is 23.9 Å². The third-order valence-corrected chi connectivity index (χ3v) is 8.66. The van der Waals surface area contributed by atoms with Gasteiger partial charge in [0.15, 0.2) is 10.9 Å². The Kier molecular flexibility index (Phi) is 5.86. The number of carbonyl (C=O) groups excluding carboxylic acids is 2. The molecule has 4 saturated carbocycles. The van der Waals surface area contributed by atoms with Crippen LogP contribution < -0.4 is 5.32 Å². The second kappa shape index (κ2) is 8.65. The molecular weight excluding hydrogens is 420 g/mol. The molecule has 7 heteroatoms. The van der Waals surface area contributed by atoms with Gasteiger partial charge in [0, 0.05) is 24.2 Å². The van der Waals surface area contributed by atoms with Crippen LogP contribution >= 0.6 is 11.8 Å². The van der Waals surface area contributed by atoms with Crippen molar-refractivity contribution >= 4 is 29.1 Å². The molecule has 1 aromatic carbocycles. The first kappa shape index (κ1) is 21.7. The van der Waals surface area contributed by atoms with E-state index in [9.17, 15) is 9.59 Å². The molecule has 1 aromatic heterocycles. The molecule has 0 spiro atoms. The van der Waals surface area contributed by atoms with Crippen LogP contribution in [-0.2, 0) is 17.8 Å². The largest absolute Gasteiger partial charge is 0.325 e. The van der Waals surface area contributed by atoms with Gasteiger partial charge in [0.1, 0.15) is 5.82 Å². The number of carbonyl (C=O) groups is 2. The summed E-state index contributed by atoms with van der Waals surface area (Å²) in [5.74, 6) is 4.02. The smallest absolute Gasteiger partial charge is 0.234 e. The molecule has 2 aromatic rings. The lowest BCUT2D eigenvalue weighted by molar-refractivity contribution is -0.113. The summed E-state index contributed by atoms with van der Waals surface area (Å²) in [6.45, 7) is 4.47. The maximum absolute atomic E-state index is 12.5. The van der Waals surface area contributed by atoms with Crippen molar-refractivity contribution in [1.82, 2.24) is 14.8 Å². The van der Waals surface area contributed by atoms with Crippen LogP contribution in [0.1, 0.15) is 68.6 Å². The fraction of sp³-hybridized carbons (Fsp3) is 0.600. The second-order valence-electron chi connectivity index (χ2n) is 10.2. The van der Waals surface area contributed by atoms with Gasteiger partial charge in [-0.3, -0.25) is 9.59 Å². The van der Waals surface area contributed by atoms with E-state index in [0.29, 0.717) is 16.7 Å². The fourth-order valence-electron chi connectivity index (χ4n) is 6.86. The lowest BCUT2D eigenvalue weighted by Gasteiger charge is -2.56. The zero-order valence-corrected chi connectivity index (χ0v) is 19.8. The number of amides is 1. The van der Waals surface area contributed by atoms with E-state index in [0.717, 1.165) is 41.7 Å². The molecule has 0 aliphatic heterocycles. The monoisotopic (exact) mass is 452 g/mol. The summed E-state index contributed by atoms with van der Waals surface area (Å²) in [4.78, 5) is 24.1. The van der Waals surface area contributed by atoms with E-state index in [4.69, 9.17) is 0 Å². The number of thioether (sulfide) groups is 1. The van der Waals surface area contributed by atoms with Crippen LogP contribution in [0.3, 0.4) is 0 Å². The first-order valence-electron chi connectivity index (χ1n) is 11.9. The van der Waals surface area contributed by atoms with Crippen molar-refractivity contribution in [2.24, 2.45) is 23.2 Å². The molecule has 1 N–H and O–H groups in total. The van der Waals surface area contributed by atoms with E-state index in [1.807, 2.05) is 0 Å². The molecule has 1 heterocycles. The molecule has 1 amide bonds. The molecule has 6 nitrogen and oxygen atoms in total. The topological polar surface area (TPSA) is 76.9 Å². The van der Waals surface area contributed by atoms with Crippen LogP contribution in [0.5, 0.6) is 0 Å². The van der Waals surface area contributed by atoms with Crippen molar-refractivity contribution < 1.29 is 9.59 Å². The van der Waals surface area contributed by atoms with Crippen LogP contribution in [0.15, 0.2) is 29.4 Å². The first-order valence-corrected chi connectivity index (χ1v) is 12.9. The number of rotatable bonds is 8. The van der Waals surface area contributed by atoms with Gasteiger partial charge in [0.05, 0.1) is 5.75 Å². The normalized spacial score (nSPS) is 28.1. The Balaban J connectivity index is 1.22. The summed E-state index contributed by atoms with van der Waals surface area (Å²) in [5, 5.41) is 12.7. The minimum atomic E-state index is -0.107. The number of Topliss-reactive ketones (excluding diaryl/α,β-unsaturated/α-hetero) is 1. The van der Waals surface area contributed by atoms with Gasteiger partial charge < -0.3 is 9.88 Å². The number of anilines is 1. The Bertz CT molecular complexity index is 995. The summed E-state index contributed by atoms with van der Waals surface area (Å²) in [5.41, 5.74) is 1.66. The maximum Gasteiger partial charge on any atom is 0.234 e. The molecule has 0 unspecified atom stereocenters. The van der Waals surface area contributed by atoms with Crippen LogP contribution in [0.25, 0.3) is 0 Å². The Morgan fingerprint density at radius 2 is 1.81 bits per heavy atom. The van der Waals surface area contributed by atoms with E-state index >= 15 is 0 Å². The Labute approximate surface area is 193 Å². The van der Waals surface area contributed by atoms with Gasteiger partial charge in [-0.05, 0) is 87.7 Å². The average molecular weight is 453 g/mol. The van der Waals surface area contributed by atoms with Crippen molar-refractivity contribution in [2.75, 3.05) is 11.1 Å². The first-order chi connectivity index (χ1) is 15.4. The molecule has 4 aliphatic carbocycles. The number of nitrogens with one attached hydrogen (secondary N) is 1. The number of hydrogen-bond donors (Lipinski definition) is 1. The standard InChI is InChI=1S/C25H32N4O2S/c1-3-29-22(14-25-11-17-7-18(12-25)9-19(8-17)13-25)27-28-24(29)32-15-23(31)26-21-6-4-5-20(10-21)16(2)30/h4-6,10,17-19H,3,7-9,11-15H2,1-2H3,(H,26,31). The van der Waals surface area contributed by atoms with E-state index in [2.05, 4.69) is 27.0 Å². The minimum absolute atomic E-state index is 0.0157. The third-order valence-electron chi connectivity index (χ3n) is 7.69. The summed E-state index contributed by atoms with van der Waals surface area (Å²) >= 11 is 1.43. The van der Waals surface area contributed by atoms with E-state index in [1.54, 1.807) is 24.3 Å². The molecule has 4 bridgehead atoms. The Morgan fingerprint density at radius 1 is 1.12 bits per heavy atom. The SMILES string of the molecule is CCn1c(CC23CC4CC(CC(C4)C2)C3)nnc1SCC(=O)Nc1cccc(C(C)=O)c1. The van der Waals surface area contributed by atoms with Gasteiger partial charge >= 0.3 is 0 Å². The lowest BCUT2D eigenvalue weighted by Crippen LogP contribution is -2.47. The predicted octanol–water partition coefficient (Wildman–Crippen LogP) is 4.99. The molecule has 32 heavy (non-hydrogen) atoms. The molecule has 6 rings (SSSR count). The second-order valence-corrected chi connectivity index (χ2v) is 11.2. The van der Waals surface area contributed by atoms with Gasteiger partial charge in [0.2, 0.25) is 5.91 Å². The van der Waals surface area contributed by atoms with E-state index in [-0.39, 0.29) is 17.4 Å². The highest BCUT2D eigenvalue weighted by atomic mass is 32.2. The molecule has 4 aliphatic rings. The van der Waals surface area contributed by atoms with Gasteiger partial charge in [-0.25, -0.2) is 0 Å². The van der Waals surface area contributed by atoms with E-state index in [1.165, 1.54) is 57.2 Å². The highest BCUT2D eigenvalue weighted by Crippen LogP contribution is 2.61. The minimum Gasteiger partial charge on any atom is -0.325 e. The zero-order valence-electron chi connectivity index (χ0n) is 19.0. The average Bonchev–Trinajstić information content (AvgIpc) is 3.12. The summed E-state index contributed by atoms with van der Waals surface area (Å²) in [6.07, 6.45) is 9.46. The van der Waals surface area contributed by atoms with Crippen LogP contribution in [-0.4, -0.2) is 32.2 Å². The van der Waals surface area contributed by atoms with Crippen molar-refractivity contribution in [1.29, 1.82) is 0 Å². The van der Waals surface area contributed by atoms with Gasteiger partial charge in [-0.2, -0.15) is 0 Å². The van der Waals surface area contributed by atoms with Gasteiger partial charge in [0.25, 0.3) is 0 Å². The van der Waals surface area contributed by atoms with Crippen molar-refractivity contribution in [3.63, 3.8) is 0 Å². The van der Waals surface area contributed by atoms with Crippen molar-refractivity contribution in [2.45, 2.75) is 70.5 Å². The Hall–Kier alpha value is -2.15. The molecular formula is C25H32N4O2S. The molecule has 170 valence electrons. The molecule has 0 radical (unpaired) electrons. The molecule has 0 atom stereocenters.